The highest BCUT2D eigenvalue weighted by Gasteiger charge is 2.22. The van der Waals surface area contributed by atoms with E-state index in [-0.39, 0.29) is 11.9 Å². The van der Waals surface area contributed by atoms with Gasteiger partial charge in [-0.1, -0.05) is 18.2 Å². The first-order chi connectivity index (χ1) is 10.3. The number of hydrogen-bond acceptors (Lipinski definition) is 3. The number of hydrogen-bond donors (Lipinski definition) is 1. The topological polar surface area (TPSA) is 47.6 Å². The van der Waals surface area contributed by atoms with Gasteiger partial charge in [0.05, 0.1) is 19.8 Å². The number of carbonyl (C=O) groups is 1. The SMILES string of the molecule is COc1ccc(C(=O)NC2CCOc3ccccc32)cc1. The molecule has 0 aromatic heterocycles. The maximum absolute atomic E-state index is 12.3. The summed E-state index contributed by atoms with van der Waals surface area (Å²) in [5, 5.41) is 3.07. The summed E-state index contributed by atoms with van der Waals surface area (Å²) in [7, 11) is 1.61. The number of para-hydroxylation sites is 1. The average molecular weight is 283 g/mol. The van der Waals surface area contributed by atoms with Crippen molar-refractivity contribution < 1.29 is 14.3 Å². The van der Waals surface area contributed by atoms with Crippen molar-refractivity contribution in [1.29, 1.82) is 0 Å². The minimum Gasteiger partial charge on any atom is -0.497 e. The molecule has 1 N–H and O–H groups in total. The van der Waals surface area contributed by atoms with E-state index in [1.165, 1.54) is 0 Å². The Hall–Kier alpha value is -2.49. The predicted octanol–water partition coefficient (Wildman–Crippen LogP) is 2.95. The van der Waals surface area contributed by atoms with Crippen molar-refractivity contribution in [2.45, 2.75) is 12.5 Å². The van der Waals surface area contributed by atoms with Crippen LogP contribution in [0.3, 0.4) is 0 Å². The Morgan fingerprint density at radius 2 is 1.95 bits per heavy atom. The molecule has 3 rings (SSSR count). The number of methoxy groups -OCH3 is 1. The highest BCUT2D eigenvalue weighted by Crippen LogP contribution is 2.31. The number of benzene rings is 2. The second-order valence-electron chi connectivity index (χ2n) is 4.93. The molecule has 1 aliphatic rings. The van der Waals surface area contributed by atoms with E-state index in [0.29, 0.717) is 12.2 Å². The minimum absolute atomic E-state index is 0.00967. The summed E-state index contributed by atoms with van der Waals surface area (Å²) >= 11 is 0. The van der Waals surface area contributed by atoms with Crippen molar-refractivity contribution in [3.05, 3.63) is 59.7 Å². The van der Waals surface area contributed by atoms with Gasteiger partial charge in [-0.25, -0.2) is 0 Å². The smallest absolute Gasteiger partial charge is 0.251 e. The van der Waals surface area contributed by atoms with Crippen LogP contribution in [0.25, 0.3) is 0 Å². The molecule has 21 heavy (non-hydrogen) atoms. The zero-order valence-corrected chi connectivity index (χ0v) is 11.8. The lowest BCUT2D eigenvalue weighted by Crippen LogP contribution is -2.32. The summed E-state index contributed by atoms with van der Waals surface area (Å²) in [5.74, 6) is 1.51. The first kappa shape index (κ1) is 13.5. The molecule has 4 nitrogen and oxygen atoms in total. The summed E-state index contributed by atoms with van der Waals surface area (Å²) in [6.45, 7) is 0.616. The molecule has 2 aromatic rings. The quantitative estimate of drug-likeness (QED) is 0.942. The van der Waals surface area contributed by atoms with Crippen LogP contribution < -0.4 is 14.8 Å². The average Bonchev–Trinajstić information content (AvgIpc) is 2.55. The van der Waals surface area contributed by atoms with Crippen LogP contribution in [0.4, 0.5) is 0 Å². The van der Waals surface area contributed by atoms with Gasteiger partial charge in [0.2, 0.25) is 0 Å². The number of carbonyl (C=O) groups excluding carboxylic acids is 1. The van der Waals surface area contributed by atoms with E-state index >= 15 is 0 Å². The summed E-state index contributed by atoms with van der Waals surface area (Å²) in [6.07, 6.45) is 0.777. The van der Waals surface area contributed by atoms with Crippen LogP contribution in [0.5, 0.6) is 11.5 Å². The van der Waals surface area contributed by atoms with Crippen molar-refractivity contribution >= 4 is 5.91 Å². The molecule has 0 spiro atoms. The van der Waals surface area contributed by atoms with Crippen molar-refractivity contribution in [2.75, 3.05) is 13.7 Å². The molecule has 0 saturated carbocycles. The van der Waals surface area contributed by atoms with E-state index in [2.05, 4.69) is 5.32 Å². The fourth-order valence-corrected chi connectivity index (χ4v) is 2.48. The second kappa shape index (κ2) is 5.87. The largest absolute Gasteiger partial charge is 0.497 e. The molecule has 0 fully saturated rings. The number of nitrogens with one attached hydrogen (secondary N) is 1. The van der Waals surface area contributed by atoms with Crippen molar-refractivity contribution in [3.63, 3.8) is 0 Å². The van der Waals surface area contributed by atoms with Gasteiger partial charge in [-0.2, -0.15) is 0 Å². The molecular weight excluding hydrogens is 266 g/mol. The van der Waals surface area contributed by atoms with E-state index in [4.69, 9.17) is 9.47 Å². The molecule has 1 heterocycles. The Labute approximate surface area is 123 Å². The molecule has 1 atom stereocenters. The first-order valence-corrected chi connectivity index (χ1v) is 6.94. The van der Waals surface area contributed by atoms with Crippen molar-refractivity contribution in [2.24, 2.45) is 0 Å². The third kappa shape index (κ3) is 2.84. The van der Waals surface area contributed by atoms with Crippen LogP contribution in [0.15, 0.2) is 48.5 Å². The summed E-state index contributed by atoms with van der Waals surface area (Å²) in [6, 6.07) is 14.9. The molecular formula is C17H17NO3. The lowest BCUT2D eigenvalue weighted by Gasteiger charge is -2.26. The molecule has 0 bridgehead atoms. The van der Waals surface area contributed by atoms with Gasteiger partial charge in [-0.3, -0.25) is 4.79 Å². The van der Waals surface area contributed by atoms with Gasteiger partial charge in [0.1, 0.15) is 11.5 Å². The van der Waals surface area contributed by atoms with Crippen LogP contribution >= 0.6 is 0 Å². The molecule has 108 valence electrons. The van der Waals surface area contributed by atoms with Crippen LogP contribution in [-0.2, 0) is 0 Å². The lowest BCUT2D eigenvalue weighted by atomic mass is 10.00. The number of fused-ring (bicyclic) bond motifs is 1. The Kier molecular flexibility index (Phi) is 3.77. The van der Waals surface area contributed by atoms with E-state index in [1.807, 2.05) is 24.3 Å². The summed E-state index contributed by atoms with van der Waals surface area (Å²) in [4.78, 5) is 12.3. The number of rotatable bonds is 3. The van der Waals surface area contributed by atoms with Crippen LogP contribution in [-0.4, -0.2) is 19.6 Å². The lowest BCUT2D eigenvalue weighted by molar-refractivity contribution is 0.0925. The molecule has 1 unspecified atom stereocenters. The molecule has 1 aliphatic heterocycles. The monoisotopic (exact) mass is 283 g/mol. The van der Waals surface area contributed by atoms with E-state index in [0.717, 1.165) is 23.5 Å². The van der Waals surface area contributed by atoms with Gasteiger partial charge in [0.25, 0.3) is 5.91 Å². The Balaban J connectivity index is 1.76. The van der Waals surface area contributed by atoms with E-state index in [1.54, 1.807) is 31.4 Å². The number of ether oxygens (including phenoxy) is 2. The predicted molar refractivity (Wildman–Crippen MR) is 79.8 cm³/mol. The van der Waals surface area contributed by atoms with Crippen LogP contribution in [0.2, 0.25) is 0 Å². The fraction of sp³-hybridized carbons (Fsp3) is 0.235. The van der Waals surface area contributed by atoms with Crippen LogP contribution in [0, 0.1) is 0 Å². The molecule has 0 saturated heterocycles. The Morgan fingerprint density at radius 3 is 2.71 bits per heavy atom. The zero-order chi connectivity index (χ0) is 14.7. The molecule has 0 radical (unpaired) electrons. The summed E-state index contributed by atoms with van der Waals surface area (Å²) in [5.41, 5.74) is 1.66. The highest BCUT2D eigenvalue weighted by molar-refractivity contribution is 5.94. The maximum Gasteiger partial charge on any atom is 0.251 e. The third-order valence-electron chi connectivity index (χ3n) is 3.62. The van der Waals surface area contributed by atoms with Gasteiger partial charge in [-0.15, -0.1) is 0 Å². The number of amides is 1. The van der Waals surface area contributed by atoms with Crippen molar-refractivity contribution in [3.8, 4) is 11.5 Å². The molecule has 2 aromatic carbocycles. The van der Waals surface area contributed by atoms with E-state index < -0.39 is 0 Å². The van der Waals surface area contributed by atoms with Gasteiger partial charge in [-0.05, 0) is 30.3 Å². The standard InChI is InChI=1S/C17H17NO3/c1-20-13-8-6-12(7-9-13)17(19)18-15-10-11-21-16-5-3-2-4-14(15)16/h2-9,15H,10-11H2,1H3,(H,18,19). The third-order valence-corrected chi connectivity index (χ3v) is 3.62. The van der Waals surface area contributed by atoms with Crippen LogP contribution in [0.1, 0.15) is 28.4 Å². The Bertz CT molecular complexity index is 637. The molecule has 0 aliphatic carbocycles. The maximum atomic E-state index is 12.3. The first-order valence-electron chi connectivity index (χ1n) is 6.94. The zero-order valence-electron chi connectivity index (χ0n) is 11.8. The Morgan fingerprint density at radius 1 is 1.19 bits per heavy atom. The minimum atomic E-state index is -0.0839. The molecule has 4 heteroatoms. The fourth-order valence-electron chi connectivity index (χ4n) is 2.48. The van der Waals surface area contributed by atoms with Gasteiger partial charge >= 0.3 is 0 Å². The van der Waals surface area contributed by atoms with Gasteiger partial charge < -0.3 is 14.8 Å². The van der Waals surface area contributed by atoms with E-state index in [9.17, 15) is 4.79 Å². The normalized spacial score (nSPS) is 16.5. The van der Waals surface area contributed by atoms with Gasteiger partial charge in [0, 0.05) is 17.5 Å². The van der Waals surface area contributed by atoms with Gasteiger partial charge in [0.15, 0.2) is 0 Å². The summed E-state index contributed by atoms with van der Waals surface area (Å²) < 4.78 is 10.7. The second-order valence-corrected chi connectivity index (χ2v) is 4.93. The molecule has 1 amide bonds. The van der Waals surface area contributed by atoms with Crippen molar-refractivity contribution in [1.82, 2.24) is 5.32 Å². The highest BCUT2D eigenvalue weighted by atomic mass is 16.5.